The monoisotopic (exact) mass is 354 g/mol. The van der Waals surface area contributed by atoms with Crippen molar-refractivity contribution < 1.29 is 9.53 Å². The Kier molecular flexibility index (Phi) is 7.67. The molecule has 2 aromatic carbocycles. The predicted molar refractivity (Wildman–Crippen MR) is 106 cm³/mol. The van der Waals surface area contributed by atoms with E-state index < -0.39 is 0 Å². The minimum Gasteiger partial charge on any atom is -0.497 e. The van der Waals surface area contributed by atoms with E-state index in [0.717, 1.165) is 29.7 Å². The summed E-state index contributed by atoms with van der Waals surface area (Å²) in [5.41, 5.74) is 2.28. The number of carbonyl (C=O) groups is 1. The van der Waals surface area contributed by atoms with Crippen LogP contribution in [0.15, 0.2) is 54.6 Å². The van der Waals surface area contributed by atoms with Crippen LogP contribution >= 0.6 is 0 Å². The van der Waals surface area contributed by atoms with Crippen molar-refractivity contribution in [1.82, 2.24) is 10.2 Å². The van der Waals surface area contributed by atoms with Gasteiger partial charge in [0.2, 0.25) is 5.91 Å². The first kappa shape index (κ1) is 20.0. The first-order chi connectivity index (χ1) is 12.5. The molecule has 0 fully saturated rings. The van der Waals surface area contributed by atoms with E-state index in [4.69, 9.17) is 4.74 Å². The first-order valence-electron chi connectivity index (χ1n) is 9.23. The molecular formula is C22H30N2O2. The summed E-state index contributed by atoms with van der Waals surface area (Å²) in [6, 6.07) is 18.0. The smallest absolute Gasteiger partial charge is 0.237 e. The van der Waals surface area contributed by atoms with E-state index in [1.165, 1.54) is 0 Å². The molecule has 2 unspecified atom stereocenters. The van der Waals surface area contributed by atoms with Crippen LogP contribution < -0.4 is 10.1 Å². The normalized spacial score (nSPS) is 13.3. The Balaban J connectivity index is 2.00. The van der Waals surface area contributed by atoms with Gasteiger partial charge in [-0.2, -0.15) is 0 Å². The summed E-state index contributed by atoms with van der Waals surface area (Å²) >= 11 is 0. The molecule has 0 bridgehead atoms. The van der Waals surface area contributed by atoms with E-state index in [2.05, 4.69) is 29.3 Å². The highest BCUT2D eigenvalue weighted by atomic mass is 16.5. The van der Waals surface area contributed by atoms with Crippen LogP contribution in [0.3, 0.4) is 0 Å². The van der Waals surface area contributed by atoms with Crippen molar-refractivity contribution >= 4 is 5.91 Å². The standard InChI is InChI=1S/C22H30N2O2/c1-5-10-21(19-12-7-6-8-13-19)23-22(25)17(2)24(3)16-18-11-9-14-20(15-18)26-4/h6-9,11-15,17,21H,5,10,16H2,1-4H3,(H,23,25). The molecule has 1 N–H and O–H groups in total. The molecule has 0 radical (unpaired) electrons. The third-order valence-corrected chi connectivity index (χ3v) is 4.70. The summed E-state index contributed by atoms with van der Waals surface area (Å²) in [6.45, 7) is 4.78. The van der Waals surface area contributed by atoms with Gasteiger partial charge < -0.3 is 10.1 Å². The maximum Gasteiger partial charge on any atom is 0.237 e. The molecule has 0 saturated heterocycles. The van der Waals surface area contributed by atoms with E-state index in [9.17, 15) is 4.79 Å². The van der Waals surface area contributed by atoms with Gasteiger partial charge in [-0.15, -0.1) is 0 Å². The number of likely N-dealkylation sites (N-methyl/N-ethyl adjacent to an activating group) is 1. The van der Waals surface area contributed by atoms with Crippen molar-refractivity contribution in [2.75, 3.05) is 14.2 Å². The highest BCUT2D eigenvalue weighted by molar-refractivity contribution is 5.81. The zero-order chi connectivity index (χ0) is 18.9. The zero-order valence-corrected chi connectivity index (χ0v) is 16.2. The molecule has 0 saturated carbocycles. The zero-order valence-electron chi connectivity index (χ0n) is 16.2. The van der Waals surface area contributed by atoms with Crippen LogP contribution in [0, 0.1) is 0 Å². The quantitative estimate of drug-likeness (QED) is 0.735. The van der Waals surface area contributed by atoms with E-state index in [1.54, 1.807) is 7.11 Å². The fourth-order valence-electron chi connectivity index (χ4n) is 2.98. The van der Waals surface area contributed by atoms with Crippen molar-refractivity contribution in [3.63, 3.8) is 0 Å². The van der Waals surface area contributed by atoms with Crippen LogP contribution in [0.4, 0.5) is 0 Å². The predicted octanol–water partition coefficient (Wildman–Crippen LogP) is 4.17. The summed E-state index contributed by atoms with van der Waals surface area (Å²) in [5, 5.41) is 3.22. The van der Waals surface area contributed by atoms with Gasteiger partial charge in [-0.1, -0.05) is 55.8 Å². The van der Waals surface area contributed by atoms with Crippen molar-refractivity contribution in [1.29, 1.82) is 0 Å². The molecule has 0 aromatic heterocycles. The van der Waals surface area contributed by atoms with Crippen LogP contribution in [0.25, 0.3) is 0 Å². The number of hydrogen-bond acceptors (Lipinski definition) is 3. The molecule has 4 nitrogen and oxygen atoms in total. The third kappa shape index (κ3) is 5.60. The lowest BCUT2D eigenvalue weighted by molar-refractivity contribution is -0.126. The van der Waals surface area contributed by atoms with Crippen LogP contribution in [-0.2, 0) is 11.3 Å². The van der Waals surface area contributed by atoms with Gasteiger partial charge in [0, 0.05) is 6.54 Å². The van der Waals surface area contributed by atoms with E-state index in [1.807, 2.05) is 56.4 Å². The first-order valence-corrected chi connectivity index (χ1v) is 9.23. The lowest BCUT2D eigenvalue weighted by Gasteiger charge is -2.27. The van der Waals surface area contributed by atoms with Gasteiger partial charge in [-0.05, 0) is 43.7 Å². The molecule has 0 spiro atoms. The Bertz CT molecular complexity index is 688. The summed E-state index contributed by atoms with van der Waals surface area (Å²) in [6.07, 6.45) is 1.95. The second-order valence-corrected chi connectivity index (χ2v) is 6.70. The highest BCUT2D eigenvalue weighted by Crippen LogP contribution is 2.19. The highest BCUT2D eigenvalue weighted by Gasteiger charge is 2.21. The van der Waals surface area contributed by atoms with E-state index >= 15 is 0 Å². The van der Waals surface area contributed by atoms with Crippen LogP contribution in [0.1, 0.15) is 43.9 Å². The van der Waals surface area contributed by atoms with Gasteiger partial charge in [0.05, 0.1) is 19.2 Å². The second kappa shape index (κ2) is 9.97. The SMILES string of the molecule is CCCC(NC(=O)C(C)N(C)Cc1cccc(OC)c1)c1ccccc1. The average molecular weight is 354 g/mol. The van der Waals surface area contributed by atoms with E-state index in [-0.39, 0.29) is 18.0 Å². The fourth-order valence-corrected chi connectivity index (χ4v) is 2.98. The number of methoxy groups -OCH3 is 1. The lowest BCUT2D eigenvalue weighted by Crippen LogP contribution is -2.44. The summed E-state index contributed by atoms with van der Waals surface area (Å²) in [5.74, 6) is 0.887. The molecule has 0 aliphatic carbocycles. The number of nitrogens with one attached hydrogen (secondary N) is 1. The van der Waals surface area contributed by atoms with Crippen LogP contribution in [0.2, 0.25) is 0 Å². The van der Waals surface area contributed by atoms with Gasteiger partial charge in [0.1, 0.15) is 5.75 Å². The molecule has 2 atom stereocenters. The van der Waals surface area contributed by atoms with Crippen LogP contribution in [0.5, 0.6) is 5.75 Å². The Labute approximate surface area is 157 Å². The molecule has 0 heterocycles. The molecule has 26 heavy (non-hydrogen) atoms. The molecule has 2 aromatic rings. The fraction of sp³-hybridized carbons (Fsp3) is 0.409. The van der Waals surface area contributed by atoms with E-state index in [0.29, 0.717) is 6.54 Å². The second-order valence-electron chi connectivity index (χ2n) is 6.70. The molecule has 0 aliphatic rings. The Morgan fingerprint density at radius 3 is 2.54 bits per heavy atom. The van der Waals surface area contributed by atoms with Gasteiger partial charge in [0.25, 0.3) is 0 Å². The Hall–Kier alpha value is -2.33. The Morgan fingerprint density at radius 1 is 1.15 bits per heavy atom. The molecule has 0 aliphatic heterocycles. The molecule has 1 amide bonds. The summed E-state index contributed by atoms with van der Waals surface area (Å²) in [4.78, 5) is 14.8. The van der Waals surface area contributed by atoms with Crippen LogP contribution in [-0.4, -0.2) is 31.0 Å². The maximum absolute atomic E-state index is 12.8. The number of benzene rings is 2. The van der Waals surface area contributed by atoms with Crippen molar-refractivity contribution in [3.05, 3.63) is 65.7 Å². The molecule has 4 heteroatoms. The number of nitrogens with zero attached hydrogens (tertiary/aromatic N) is 1. The van der Waals surface area contributed by atoms with Gasteiger partial charge in [-0.25, -0.2) is 0 Å². The molecular weight excluding hydrogens is 324 g/mol. The third-order valence-electron chi connectivity index (χ3n) is 4.70. The largest absolute Gasteiger partial charge is 0.497 e. The number of amides is 1. The van der Waals surface area contributed by atoms with Crippen molar-refractivity contribution in [2.45, 2.75) is 45.3 Å². The van der Waals surface area contributed by atoms with Crippen molar-refractivity contribution in [3.8, 4) is 5.75 Å². The summed E-state index contributed by atoms with van der Waals surface area (Å²) in [7, 11) is 3.64. The number of hydrogen-bond donors (Lipinski definition) is 1. The van der Waals surface area contributed by atoms with Gasteiger partial charge in [0.15, 0.2) is 0 Å². The number of ether oxygens (including phenoxy) is 1. The van der Waals surface area contributed by atoms with Gasteiger partial charge >= 0.3 is 0 Å². The van der Waals surface area contributed by atoms with Gasteiger partial charge in [-0.3, -0.25) is 9.69 Å². The number of carbonyl (C=O) groups excluding carboxylic acids is 1. The number of rotatable bonds is 9. The lowest BCUT2D eigenvalue weighted by atomic mass is 10.0. The topological polar surface area (TPSA) is 41.6 Å². The molecule has 2 rings (SSSR count). The minimum absolute atomic E-state index is 0.0534. The van der Waals surface area contributed by atoms with Crippen molar-refractivity contribution in [2.24, 2.45) is 0 Å². The molecule has 140 valence electrons. The average Bonchev–Trinajstić information content (AvgIpc) is 2.67. The minimum atomic E-state index is -0.218. The summed E-state index contributed by atoms with van der Waals surface area (Å²) < 4.78 is 5.28. The maximum atomic E-state index is 12.8. The Morgan fingerprint density at radius 2 is 1.88 bits per heavy atom.